The summed E-state index contributed by atoms with van der Waals surface area (Å²) in [5, 5.41) is 0. The van der Waals surface area contributed by atoms with Crippen LogP contribution in [0.2, 0.25) is 0 Å². The lowest BCUT2D eigenvalue weighted by atomic mass is 10.3. The second-order valence-electron chi connectivity index (χ2n) is 1.50. The summed E-state index contributed by atoms with van der Waals surface area (Å²) < 4.78 is 0. The lowest BCUT2D eigenvalue weighted by Crippen LogP contribution is -1.63. The number of allylic oxidation sites excluding steroid dienone is 1. The van der Waals surface area contributed by atoms with E-state index in [9.17, 15) is 0 Å². The molecule has 0 spiro atoms. The lowest BCUT2D eigenvalue weighted by Gasteiger charge is -1.83. The second kappa shape index (κ2) is 6.03. The monoisotopic (exact) mass is 118 g/mol. The number of hydrogen-bond acceptors (Lipinski definition) is 0. The van der Waals surface area contributed by atoms with Crippen molar-refractivity contribution in [3.63, 3.8) is 0 Å². The average Bonchev–Trinajstić information content (AvgIpc) is 1.69. The number of unbranched alkanes of at least 4 members (excludes halogenated alkanes) is 2. The van der Waals surface area contributed by atoms with Gasteiger partial charge >= 0.3 is 0 Å². The molecule has 0 aliphatic carbocycles. The molecule has 0 unspecified atom stereocenters. The predicted octanol–water partition coefficient (Wildman–Crippen LogP) is 2.93. The Morgan fingerprint density at radius 1 is 1.57 bits per heavy atom. The molecule has 0 aromatic heterocycles. The van der Waals surface area contributed by atoms with Crippen LogP contribution in [0.5, 0.6) is 0 Å². The van der Waals surface area contributed by atoms with E-state index in [1.807, 2.05) is 6.08 Å². The molecule has 0 saturated heterocycles. The fourth-order valence-corrected chi connectivity index (χ4v) is 0.511. The fraction of sp³-hybridized carbons (Fsp3) is 0.667. The smallest absolute Gasteiger partial charge is 0.000245 e. The molecule has 0 heterocycles. The Morgan fingerprint density at radius 3 is 2.71 bits per heavy atom. The maximum atomic E-state index is 5.26. The number of halogens is 1. The molecule has 0 fully saturated rings. The van der Waals surface area contributed by atoms with Gasteiger partial charge in [0.25, 0.3) is 0 Å². The molecule has 0 atom stereocenters. The SMILES string of the molecule is CCCCC=CCl. The first-order chi connectivity index (χ1) is 3.41. The first-order valence-electron chi connectivity index (χ1n) is 2.67. The molecule has 0 amide bonds. The van der Waals surface area contributed by atoms with E-state index in [0.29, 0.717) is 0 Å². The van der Waals surface area contributed by atoms with Gasteiger partial charge in [0.2, 0.25) is 0 Å². The maximum Gasteiger partial charge on any atom is 0.000245 e. The van der Waals surface area contributed by atoms with E-state index in [2.05, 4.69) is 6.92 Å². The van der Waals surface area contributed by atoms with Crippen molar-refractivity contribution in [2.24, 2.45) is 0 Å². The van der Waals surface area contributed by atoms with Crippen molar-refractivity contribution in [3.05, 3.63) is 11.6 Å². The van der Waals surface area contributed by atoms with E-state index in [0.717, 1.165) is 6.42 Å². The molecular formula is C6H11Cl. The summed E-state index contributed by atoms with van der Waals surface area (Å²) in [6.07, 6.45) is 5.61. The average molecular weight is 119 g/mol. The van der Waals surface area contributed by atoms with Crippen LogP contribution in [0.4, 0.5) is 0 Å². The van der Waals surface area contributed by atoms with Gasteiger partial charge in [-0.15, -0.1) is 0 Å². The number of hydrogen-bond donors (Lipinski definition) is 0. The van der Waals surface area contributed by atoms with Gasteiger partial charge in [0.1, 0.15) is 0 Å². The Balaban J connectivity index is 2.69. The van der Waals surface area contributed by atoms with Crippen LogP contribution < -0.4 is 0 Å². The highest BCUT2D eigenvalue weighted by atomic mass is 35.5. The third-order valence-corrected chi connectivity index (χ3v) is 0.992. The predicted molar refractivity (Wildman–Crippen MR) is 34.5 cm³/mol. The van der Waals surface area contributed by atoms with Gasteiger partial charge in [0, 0.05) is 5.54 Å². The Labute approximate surface area is 50.2 Å². The summed E-state index contributed by atoms with van der Waals surface area (Å²) in [7, 11) is 0. The molecule has 42 valence electrons. The highest BCUT2D eigenvalue weighted by Gasteiger charge is 1.73. The third kappa shape index (κ3) is 6.03. The summed E-state index contributed by atoms with van der Waals surface area (Å²) in [5.74, 6) is 0. The van der Waals surface area contributed by atoms with Gasteiger partial charge in [-0.3, -0.25) is 0 Å². The highest BCUT2D eigenvalue weighted by molar-refractivity contribution is 6.25. The van der Waals surface area contributed by atoms with Crippen molar-refractivity contribution in [3.8, 4) is 0 Å². The first kappa shape index (κ1) is 7.03. The molecule has 0 aromatic carbocycles. The van der Waals surface area contributed by atoms with Crippen LogP contribution in [-0.4, -0.2) is 0 Å². The van der Waals surface area contributed by atoms with Crippen LogP contribution in [-0.2, 0) is 0 Å². The minimum Gasteiger partial charge on any atom is -0.0933 e. The molecule has 0 saturated carbocycles. The zero-order valence-corrected chi connectivity index (χ0v) is 5.41. The maximum absolute atomic E-state index is 5.26. The van der Waals surface area contributed by atoms with Crippen LogP contribution in [0.15, 0.2) is 11.6 Å². The summed E-state index contributed by atoms with van der Waals surface area (Å²) in [5.41, 5.74) is 1.58. The van der Waals surface area contributed by atoms with Crippen molar-refractivity contribution < 1.29 is 0 Å². The molecule has 0 aromatic rings. The summed E-state index contributed by atoms with van der Waals surface area (Å²) in [4.78, 5) is 0. The molecule has 0 bridgehead atoms. The van der Waals surface area contributed by atoms with Crippen LogP contribution in [0.1, 0.15) is 26.2 Å². The topological polar surface area (TPSA) is 0 Å². The van der Waals surface area contributed by atoms with Gasteiger partial charge in [-0.25, -0.2) is 0 Å². The Kier molecular flexibility index (Phi) is 6.06. The summed E-state index contributed by atoms with van der Waals surface area (Å²) >= 11 is 5.26. The van der Waals surface area contributed by atoms with E-state index < -0.39 is 0 Å². The zero-order chi connectivity index (χ0) is 5.54. The molecule has 0 aliphatic rings. The van der Waals surface area contributed by atoms with E-state index in [4.69, 9.17) is 11.6 Å². The Bertz CT molecular complexity index is 48.1. The third-order valence-electron chi connectivity index (χ3n) is 0.813. The van der Waals surface area contributed by atoms with Crippen LogP contribution >= 0.6 is 11.6 Å². The van der Waals surface area contributed by atoms with Crippen LogP contribution in [0, 0.1) is 0 Å². The van der Waals surface area contributed by atoms with Gasteiger partial charge in [-0.2, -0.15) is 0 Å². The van der Waals surface area contributed by atoms with Crippen molar-refractivity contribution >= 4 is 11.6 Å². The zero-order valence-electron chi connectivity index (χ0n) is 4.65. The van der Waals surface area contributed by atoms with Gasteiger partial charge in [-0.1, -0.05) is 37.4 Å². The largest absolute Gasteiger partial charge is 0.0933 e. The van der Waals surface area contributed by atoms with Gasteiger partial charge in [0.05, 0.1) is 0 Å². The molecule has 7 heavy (non-hydrogen) atoms. The van der Waals surface area contributed by atoms with Gasteiger partial charge in [0.15, 0.2) is 0 Å². The molecule has 1 heteroatoms. The minimum atomic E-state index is 1.12. The normalized spacial score (nSPS) is 10.6. The van der Waals surface area contributed by atoms with E-state index in [1.165, 1.54) is 12.8 Å². The molecule has 0 rings (SSSR count). The van der Waals surface area contributed by atoms with E-state index in [-0.39, 0.29) is 0 Å². The molecule has 0 radical (unpaired) electrons. The molecule has 0 N–H and O–H groups in total. The quantitative estimate of drug-likeness (QED) is 0.500. The fourth-order valence-electron chi connectivity index (χ4n) is 0.385. The van der Waals surface area contributed by atoms with Crippen LogP contribution in [0.3, 0.4) is 0 Å². The second-order valence-corrected chi connectivity index (χ2v) is 1.76. The van der Waals surface area contributed by atoms with E-state index >= 15 is 0 Å². The minimum absolute atomic E-state index is 1.12. The van der Waals surface area contributed by atoms with Crippen molar-refractivity contribution in [2.75, 3.05) is 0 Å². The lowest BCUT2D eigenvalue weighted by molar-refractivity contribution is 0.815. The van der Waals surface area contributed by atoms with Gasteiger partial charge in [-0.05, 0) is 6.42 Å². The number of rotatable bonds is 3. The van der Waals surface area contributed by atoms with Crippen LogP contribution in [0.25, 0.3) is 0 Å². The highest BCUT2D eigenvalue weighted by Crippen LogP contribution is 1.94. The summed E-state index contributed by atoms with van der Waals surface area (Å²) in [6, 6.07) is 0. The Morgan fingerprint density at radius 2 is 2.29 bits per heavy atom. The van der Waals surface area contributed by atoms with E-state index in [1.54, 1.807) is 5.54 Å². The van der Waals surface area contributed by atoms with Crippen molar-refractivity contribution in [2.45, 2.75) is 26.2 Å². The Hall–Kier alpha value is 0.0300. The standard InChI is InChI=1S/C6H11Cl/c1-2-3-4-5-6-7/h5-6H,2-4H2,1H3. The summed E-state index contributed by atoms with van der Waals surface area (Å²) in [6.45, 7) is 2.17. The van der Waals surface area contributed by atoms with Crippen molar-refractivity contribution in [1.29, 1.82) is 0 Å². The van der Waals surface area contributed by atoms with Crippen molar-refractivity contribution in [1.82, 2.24) is 0 Å². The first-order valence-corrected chi connectivity index (χ1v) is 3.10. The van der Waals surface area contributed by atoms with Gasteiger partial charge < -0.3 is 0 Å². The molecule has 0 aliphatic heterocycles. The molecule has 0 nitrogen and oxygen atoms in total. The molecular weight excluding hydrogens is 108 g/mol.